The average molecular weight is 409 g/mol. The summed E-state index contributed by atoms with van der Waals surface area (Å²) in [5.41, 5.74) is 2.89. The molecule has 1 heterocycles. The maximum absolute atomic E-state index is 6.03. The molecule has 0 amide bonds. The molecule has 0 spiro atoms. The summed E-state index contributed by atoms with van der Waals surface area (Å²) >= 11 is 6.03. The molecule has 2 nitrogen and oxygen atoms in total. The van der Waals surface area contributed by atoms with E-state index in [9.17, 15) is 0 Å². The largest absolute Gasteiger partial charge is 0.291 e. The average Bonchev–Trinajstić information content (AvgIpc) is 3.37. The molecule has 0 unspecified atom stereocenters. The minimum absolute atomic E-state index is 0. The molecular formula is C20H25BrClN2+. The standard InChI is InChI=1S/C20H24ClN2.BrH/c1-23(18-9-7-17(21)8-10-18)13-11-22(12-14-23)20-15-19(20)16-5-3-2-4-6-16;/h2-10,19-20H,11-15H2,1H3;1H/q+1;/t19-,20+;/m0./s1. The molecule has 0 aromatic heterocycles. The topological polar surface area (TPSA) is 3.24 Å². The van der Waals surface area contributed by atoms with Gasteiger partial charge in [0.25, 0.3) is 0 Å². The first kappa shape index (κ1) is 17.9. The highest BCUT2D eigenvalue weighted by atomic mass is 79.9. The van der Waals surface area contributed by atoms with Gasteiger partial charge in [0.15, 0.2) is 0 Å². The molecule has 1 saturated heterocycles. The number of halogens is 2. The van der Waals surface area contributed by atoms with Crippen molar-refractivity contribution in [3.05, 3.63) is 65.2 Å². The van der Waals surface area contributed by atoms with Crippen LogP contribution in [0.4, 0.5) is 5.69 Å². The molecule has 128 valence electrons. The van der Waals surface area contributed by atoms with Crippen LogP contribution >= 0.6 is 28.6 Å². The molecule has 24 heavy (non-hydrogen) atoms. The first-order valence-corrected chi connectivity index (χ1v) is 8.93. The van der Waals surface area contributed by atoms with Crippen LogP contribution in [-0.4, -0.2) is 44.2 Å². The number of quaternary nitrogens is 1. The van der Waals surface area contributed by atoms with Crippen molar-refractivity contribution in [1.82, 2.24) is 9.38 Å². The van der Waals surface area contributed by atoms with Crippen LogP contribution in [0, 0.1) is 0 Å². The van der Waals surface area contributed by atoms with E-state index in [0.29, 0.717) is 0 Å². The minimum atomic E-state index is 0. The molecule has 0 radical (unpaired) electrons. The number of piperazine rings is 1. The summed E-state index contributed by atoms with van der Waals surface area (Å²) < 4.78 is 1.02. The Balaban J connectivity index is 0.00000169. The third-order valence-corrected chi connectivity index (χ3v) is 5.92. The van der Waals surface area contributed by atoms with Crippen molar-refractivity contribution in [3.8, 4) is 0 Å². The van der Waals surface area contributed by atoms with Gasteiger partial charge in [0, 0.05) is 42.2 Å². The maximum Gasteiger partial charge on any atom is 0.132 e. The summed E-state index contributed by atoms with van der Waals surface area (Å²) in [7, 11) is 2.35. The molecule has 0 N–H and O–H groups in total. The van der Waals surface area contributed by atoms with Gasteiger partial charge in [-0.1, -0.05) is 41.9 Å². The molecule has 2 aromatic rings. The Morgan fingerprint density at radius 1 is 0.958 bits per heavy atom. The zero-order chi connectivity index (χ0) is 15.9. The molecule has 4 heteroatoms. The summed E-state index contributed by atoms with van der Waals surface area (Å²) in [4.78, 5) is 2.70. The minimum Gasteiger partial charge on any atom is -0.291 e. The molecule has 2 fully saturated rings. The van der Waals surface area contributed by atoms with Crippen molar-refractivity contribution in [3.63, 3.8) is 0 Å². The second-order valence-corrected chi connectivity index (χ2v) is 7.61. The van der Waals surface area contributed by atoms with Crippen molar-refractivity contribution < 1.29 is 0 Å². The molecule has 2 aliphatic rings. The third kappa shape index (κ3) is 3.55. The second-order valence-electron chi connectivity index (χ2n) is 7.18. The van der Waals surface area contributed by atoms with Crippen LogP contribution in [0.2, 0.25) is 5.02 Å². The van der Waals surface area contributed by atoms with Crippen LogP contribution in [0.1, 0.15) is 17.9 Å². The lowest BCUT2D eigenvalue weighted by Crippen LogP contribution is -2.58. The third-order valence-electron chi connectivity index (χ3n) is 5.66. The molecule has 2 aromatic carbocycles. The maximum atomic E-state index is 6.03. The SMILES string of the molecule is Br.C[N+]1(c2ccc(Cl)cc2)CCN([C@@H]2C[C@H]2c2ccccc2)CC1. The van der Waals surface area contributed by atoms with Crippen molar-refractivity contribution >= 4 is 34.3 Å². The van der Waals surface area contributed by atoms with E-state index in [2.05, 4.69) is 54.4 Å². The number of likely N-dealkylation sites (N-methyl/N-ethyl adjacent to an activating group) is 1. The highest BCUT2D eigenvalue weighted by Gasteiger charge is 2.45. The van der Waals surface area contributed by atoms with E-state index in [1.54, 1.807) is 0 Å². The number of rotatable bonds is 3. The van der Waals surface area contributed by atoms with Crippen LogP contribution in [0.5, 0.6) is 0 Å². The van der Waals surface area contributed by atoms with Gasteiger partial charge in [-0.05, 0) is 24.1 Å². The summed E-state index contributed by atoms with van der Waals surface area (Å²) in [6.45, 7) is 4.74. The Morgan fingerprint density at radius 2 is 1.58 bits per heavy atom. The molecule has 4 rings (SSSR count). The monoisotopic (exact) mass is 407 g/mol. The lowest BCUT2D eigenvalue weighted by atomic mass is 10.1. The molecule has 2 atom stereocenters. The fourth-order valence-electron chi connectivity index (χ4n) is 3.96. The second kappa shape index (κ2) is 7.17. The fraction of sp³-hybridized carbons (Fsp3) is 0.400. The van der Waals surface area contributed by atoms with Crippen molar-refractivity contribution in [2.24, 2.45) is 0 Å². The molecule has 0 bridgehead atoms. The van der Waals surface area contributed by atoms with Gasteiger partial charge in [-0.15, -0.1) is 17.0 Å². The highest BCUT2D eigenvalue weighted by molar-refractivity contribution is 8.93. The van der Waals surface area contributed by atoms with Crippen LogP contribution in [-0.2, 0) is 0 Å². The van der Waals surface area contributed by atoms with Crippen LogP contribution in [0.15, 0.2) is 54.6 Å². The van der Waals surface area contributed by atoms with E-state index in [0.717, 1.165) is 21.5 Å². The van der Waals surface area contributed by atoms with Gasteiger partial charge in [0.2, 0.25) is 0 Å². The lowest BCUT2D eigenvalue weighted by Gasteiger charge is -2.42. The Morgan fingerprint density at radius 3 is 2.21 bits per heavy atom. The zero-order valence-electron chi connectivity index (χ0n) is 14.1. The van der Waals surface area contributed by atoms with Crippen molar-refractivity contribution in [2.45, 2.75) is 18.4 Å². The van der Waals surface area contributed by atoms with Gasteiger partial charge in [-0.3, -0.25) is 9.38 Å². The van der Waals surface area contributed by atoms with E-state index in [-0.39, 0.29) is 17.0 Å². The van der Waals surface area contributed by atoms with E-state index < -0.39 is 0 Å². The molecule has 1 aliphatic heterocycles. The van der Waals surface area contributed by atoms with E-state index in [4.69, 9.17) is 11.6 Å². The zero-order valence-corrected chi connectivity index (χ0v) is 16.5. The van der Waals surface area contributed by atoms with Gasteiger partial charge in [0.05, 0.1) is 20.1 Å². The number of benzene rings is 2. The Labute approximate surface area is 160 Å². The molecular weight excluding hydrogens is 384 g/mol. The predicted octanol–water partition coefficient (Wildman–Crippen LogP) is 4.73. The fourth-order valence-corrected chi connectivity index (χ4v) is 4.08. The Kier molecular flexibility index (Phi) is 5.36. The quantitative estimate of drug-likeness (QED) is 0.664. The first-order chi connectivity index (χ1) is 11.2. The van der Waals surface area contributed by atoms with Gasteiger partial charge >= 0.3 is 0 Å². The van der Waals surface area contributed by atoms with Gasteiger partial charge < -0.3 is 0 Å². The van der Waals surface area contributed by atoms with Gasteiger partial charge in [-0.25, -0.2) is 0 Å². The Bertz CT molecular complexity index is 666. The summed E-state index contributed by atoms with van der Waals surface area (Å²) in [6.07, 6.45) is 1.33. The first-order valence-electron chi connectivity index (χ1n) is 8.55. The smallest absolute Gasteiger partial charge is 0.132 e. The Hall–Kier alpha value is -0.870. The highest BCUT2D eigenvalue weighted by Crippen LogP contribution is 2.45. The summed E-state index contributed by atoms with van der Waals surface area (Å²) in [5, 5.41) is 0.822. The molecule has 1 saturated carbocycles. The van der Waals surface area contributed by atoms with Gasteiger partial charge in [0.1, 0.15) is 5.69 Å². The summed E-state index contributed by atoms with van der Waals surface area (Å²) in [6, 6.07) is 20.1. The van der Waals surface area contributed by atoms with Crippen LogP contribution in [0.25, 0.3) is 0 Å². The number of hydrogen-bond donors (Lipinski definition) is 0. The summed E-state index contributed by atoms with van der Waals surface area (Å²) in [5.74, 6) is 0.753. The lowest BCUT2D eigenvalue weighted by molar-refractivity contribution is 0.147. The predicted molar refractivity (Wildman–Crippen MR) is 108 cm³/mol. The van der Waals surface area contributed by atoms with E-state index >= 15 is 0 Å². The molecule has 1 aliphatic carbocycles. The number of nitrogens with zero attached hydrogens (tertiary/aromatic N) is 2. The van der Waals surface area contributed by atoms with E-state index in [1.165, 1.54) is 43.9 Å². The van der Waals surface area contributed by atoms with Crippen molar-refractivity contribution in [1.29, 1.82) is 0 Å². The van der Waals surface area contributed by atoms with Crippen LogP contribution < -0.4 is 4.48 Å². The number of hydrogen-bond acceptors (Lipinski definition) is 1. The van der Waals surface area contributed by atoms with Gasteiger partial charge in [-0.2, -0.15) is 0 Å². The van der Waals surface area contributed by atoms with Crippen LogP contribution in [0.3, 0.4) is 0 Å². The van der Waals surface area contributed by atoms with E-state index in [1.807, 2.05) is 12.1 Å². The van der Waals surface area contributed by atoms with Crippen molar-refractivity contribution in [2.75, 3.05) is 33.2 Å². The normalized spacial score (nSPS) is 25.8.